The number of benzene rings is 2. The van der Waals surface area contributed by atoms with Crippen LogP contribution in [-0.4, -0.2) is 51.2 Å². The molecule has 0 unspecified atom stereocenters. The van der Waals surface area contributed by atoms with Crippen LogP contribution in [0.1, 0.15) is 6.42 Å². The van der Waals surface area contributed by atoms with Gasteiger partial charge in [-0.15, -0.1) is 0 Å². The van der Waals surface area contributed by atoms with Crippen molar-refractivity contribution < 1.29 is 13.2 Å². The van der Waals surface area contributed by atoms with Gasteiger partial charge in [0.1, 0.15) is 0 Å². The van der Waals surface area contributed by atoms with Crippen molar-refractivity contribution in [3.8, 4) is 0 Å². The molecule has 138 valence electrons. The molecular weight excluding hydrogens is 350 g/mol. The SMILES string of the molecule is O=C(CCS(=O)(=O)Nc1ccccc1)N1CCN(c2ccccc2)CC1. The van der Waals surface area contributed by atoms with Crippen LogP contribution in [-0.2, 0) is 14.8 Å². The van der Waals surface area contributed by atoms with Crippen molar-refractivity contribution in [3.05, 3.63) is 60.7 Å². The largest absolute Gasteiger partial charge is 0.368 e. The summed E-state index contributed by atoms with van der Waals surface area (Å²) in [5.74, 6) is -0.323. The van der Waals surface area contributed by atoms with Crippen molar-refractivity contribution in [2.24, 2.45) is 0 Å². The lowest BCUT2D eigenvalue weighted by molar-refractivity contribution is -0.131. The molecule has 2 aromatic rings. The molecule has 3 rings (SSSR count). The Bertz CT molecular complexity index is 818. The van der Waals surface area contributed by atoms with Gasteiger partial charge in [0, 0.05) is 44.0 Å². The first-order valence-electron chi connectivity index (χ1n) is 8.67. The fourth-order valence-corrected chi connectivity index (χ4v) is 4.01. The lowest BCUT2D eigenvalue weighted by atomic mass is 10.2. The highest BCUT2D eigenvalue weighted by Crippen LogP contribution is 2.16. The normalized spacial score (nSPS) is 14.9. The molecule has 26 heavy (non-hydrogen) atoms. The van der Waals surface area contributed by atoms with Crippen LogP contribution in [0.15, 0.2) is 60.7 Å². The van der Waals surface area contributed by atoms with Crippen LogP contribution in [0.4, 0.5) is 11.4 Å². The first-order chi connectivity index (χ1) is 12.5. The Morgan fingerprint density at radius 1 is 0.885 bits per heavy atom. The van der Waals surface area contributed by atoms with Crippen LogP contribution in [0.25, 0.3) is 0 Å². The summed E-state index contributed by atoms with van der Waals surface area (Å²) in [6.45, 7) is 2.73. The minimum Gasteiger partial charge on any atom is -0.368 e. The summed E-state index contributed by atoms with van der Waals surface area (Å²) in [5.41, 5.74) is 1.66. The van der Waals surface area contributed by atoms with Gasteiger partial charge in [-0.1, -0.05) is 36.4 Å². The highest BCUT2D eigenvalue weighted by atomic mass is 32.2. The Labute approximate surface area is 154 Å². The Balaban J connectivity index is 1.47. The molecule has 0 bridgehead atoms. The number of carbonyl (C=O) groups excluding carboxylic acids is 1. The quantitative estimate of drug-likeness (QED) is 0.843. The fourth-order valence-electron chi connectivity index (χ4n) is 2.97. The number of nitrogens with zero attached hydrogens (tertiary/aromatic N) is 2. The number of amides is 1. The van der Waals surface area contributed by atoms with Crippen molar-refractivity contribution in [2.45, 2.75) is 6.42 Å². The van der Waals surface area contributed by atoms with Crippen molar-refractivity contribution in [3.63, 3.8) is 0 Å². The number of rotatable bonds is 6. The zero-order chi connectivity index (χ0) is 18.4. The summed E-state index contributed by atoms with van der Waals surface area (Å²) in [7, 11) is -3.53. The van der Waals surface area contributed by atoms with E-state index in [1.165, 1.54) is 0 Å². The summed E-state index contributed by atoms with van der Waals surface area (Å²) in [5, 5.41) is 0. The topological polar surface area (TPSA) is 69.7 Å². The van der Waals surface area contributed by atoms with Crippen molar-refractivity contribution >= 4 is 27.3 Å². The molecule has 1 aliphatic heterocycles. The molecular formula is C19H23N3O3S. The number of sulfonamides is 1. The van der Waals surface area contributed by atoms with Crippen LogP contribution >= 0.6 is 0 Å². The summed E-state index contributed by atoms with van der Waals surface area (Å²) in [6, 6.07) is 18.8. The van der Waals surface area contributed by atoms with Crippen molar-refractivity contribution in [2.75, 3.05) is 41.6 Å². The first kappa shape index (κ1) is 18.3. The van der Waals surface area contributed by atoms with Gasteiger partial charge in [-0.2, -0.15) is 0 Å². The zero-order valence-electron chi connectivity index (χ0n) is 14.5. The molecule has 0 radical (unpaired) electrons. The lowest BCUT2D eigenvalue weighted by Gasteiger charge is -2.36. The number of para-hydroxylation sites is 2. The van der Waals surface area contributed by atoms with E-state index in [1.54, 1.807) is 29.2 Å². The zero-order valence-corrected chi connectivity index (χ0v) is 15.4. The van der Waals surface area contributed by atoms with E-state index < -0.39 is 10.0 Å². The molecule has 7 heteroatoms. The Morgan fingerprint density at radius 2 is 1.46 bits per heavy atom. The van der Waals surface area contributed by atoms with Gasteiger partial charge in [0.25, 0.3) is 0 Å². The molecule has 0 aliphatic carbocycles. The molecule has 1 heterocycles. The number of piperazine rings is 1. The number of nitrogens with one attached hydrogen (secondary N) is 1. The second-order valence-electron chi connectivity index (χ2n) is 6.24. The third kappa shape index (κ3) is 4.98. The Hall–Kier alpha value is -2.54. The maximum Gasteiger partial charge on any atom is 0.233 e. The average Bonchev–Trinajstić information content (AvgIpc) is 2.67. The number of hydrogen-bond donors (Lipinski definition) is 1. The Kier molecular flexibility index (Phi) is 5.78. The van der Waals surface area contributed by atoms with E-state index in [4.69, 9.17) is 0 Å². The van der Waals surface area contributed by atoms with Crippen LogP contribution < -0.4 is 9.62 Å². The smallest absolute Gasteiger partial charge is 0.233 e. The molecule has 1 saturated heterocycles. The number of carbonyl (C=O) groups is 1. The second kappa shape index (κ2) is 8.23. The lowest BCUT2D eigenvalue weighted by Crippen LogP contribution is -2.49. The molecule has 0 aromatic heterocycles. The van der Waals surface area contributed by atoms with E-state index in [0.717, 1.165) is 18.8 Å². The Morgan fingerprint density at radius 3 is 2.08 bits per heavy atom. The molecule has 0 saturated carbocycles. The monoisotopic (exact) mass is 373 g/mol. The minimum absolute atomic E-state index is 0.00644. The molecule has 1 amide bonds. The van der Waals surface area contributed by atoms with Crippen LogP contribution in [0.2, 0.25) is 0 Å². The molecule has 2 aromatic carbocycles. The molecule has 1 N–H and O–H groups in total. The third-order valence-electron chi connectivity index (χ3n) is 4.39. The van der Waals surface area contributed by atoms with Gasteiger partial charge < -0.3 is 9.80 Å². The molecule has 6 nitrogen and oxygen atoms in total. The van der Waals surface area contributed by atoms with E-state index in [9.17, 15) is 13.2 Å². The van der Waals surface area contributed by atoms with Crippen LogP contribution in [0.3, 0.4) is 0 Å². The van der Waals surface area contributed by atoms with Crippen molar-refractivity contribution in [1.29, 1.82) is 0 Å². The highest BCUT2D eigenvalue weighted by molar-refractivity contribution is 7.92. The van der Waals surface area contributed by atoms with Gasteiger partial charge in [0.05, 0.1) is 5.75 Å². The summed E-state index contributed by atoms with van der Waals surface area (Å²) >= 11 is 0. The van der Waals surface area contributed by atoms with Crippen molar-refractivity contribution in [1.82, 2.24) is 4.90 Å². The summed E-state index contributed by atoms with van der Waals surface area (Å²) < 4.78 is 26.8. The van der Waals surface area contributed by atoms with E-state index in [0.29, 0.717) is 18.8 Å². The average molecular weight is 373 g/mol. The molecule has 1 aliphatic rings. The van der Waals surface area contributed by atoms with Gasteiger partial charge in [-0.25, -0.2) is 8.42 Å². The van der Waals surface area contributed by atoms with Gasteiger partial charge >= 0.3 is 0 Å². The van der Waals surface area contributed by atoms with Gasteiger partial charge in [-0.05, 0) is 24.3 Å². The summed E-state index contributed by atoms with van der Waals surface area (Å²) in [4.78, 5) is 16.3. The number of hydrogen-bond acceptors (Lipinski definition) is 4. The maximum absolute atomic E-state index is 12.4. The molecule has 0 spiro atoms. The van der Waals surface area contributed by atoms with Gasteiger partial charge in [0.15, 0.2) is 0 Å². The minimum atomic E-state index is -3.53. The van der Waals surface area contributed by atoms with Crippen LogP contribution in [0.5, 0.6) is 0 Å². The van der Waals surface area contributed by atoms with E-state index >= 15 is 0 Å². The second-order valence-corrected chi connectivity index (χ2v) is 8.08. The van der Waals surface area contributed by atoms with E-state index in [1.807, 2.05) is 24.3 Å². The fraction of sp³-hybridized carbons (Fsp3) is 0.316. The predicted molar refractivity (Wildman–Crippen MR) is 104 cm³/mol. The van der Waals surface area contributed by atoms with E-state index in [2.05, 4.69) is 21.8 Å². The highest BCUT2D eigenvalue weighted by Gasteiger charge is 2.22. The van der Waals surface area contributed by atoms with Gasteiger partial charge in [-0.3, -0.25) is 9.52 Å². The number of anilines is 2. The van der Waals surface area contributed by atoms with Crippen LogP contribution in [0, 0.1) is 0 Å². The van der Waals surface area contributed by atoms with E-state index in [-0.39, 0.29) is 18.1 Å². The maximum atomic E-state index is 12.4. The first-order valence-corrected chi connectivity index (χ1v) is 10.3. The standard InChI is InChI=1S/C19H23N3O3S/c23-19(11-16-26(24,25)20-17-7-3-1-4-8-17)22-14-12-21(13-15-22)18-9-5-2-6-10-18/h1-10,20H,11-16H2. The third-order valence-corrected chi connectivity index (χ3v) is 5.67. The predicted octanol–water partition coefficient (Wildman–Crippen LogP) is 2.17. The molecule has 0 atom stereocenters. The molecule has 1 fully saturated rings. The summed E-state index contributed by atoms with van der Waals surface area (Å²) in [6.07, 6.45) is -0.00644. The van der Waals surface area contributed by atoms with Gasteiger partial charge in [0.2, 0.25) is 15.9 Å².